The zero-order chi connectivity index (χ0) is 15.9. The molecule has 0 aromatic heterocycles. The van der Waals surface area contributed by atoms with Crippen LogP contribution in [0.4, 0.5) is 0 Å². The van der Waals surface area contributed by atoms with Crippen molar-refractivity contribution < 1.29 is 9.53 Å². The van der Waals surface area contributed by atoms with E-state index in [1.54, 1.807) is 0 Å². The predicted molar refractivity (Wildman–Crippen MR) is 90.4 cm³/mol. The highest BCUT2D eigenvalue weighted by molar-refractivity contribution is 5.77. The molecule has 0 fully saturated rings. The maximum atomic E-state index is 11.8. The number of para-hydroxylation sites is 1. The molecule has 1 amide bonds. The summed E-state index contributed by atoms with van der Waals surface area (Å²) in [6, 6.07) is 18.0. The van der Waals surface area contributed by atoms with Crippen LogP contribution in [-0.4, -0.2) is 37.0 Å². The molecule has 0 atom stereocenters. The Morgan fingerprint density at radius 1 is 1.04 bits per heavy atom. The van der Waals surface area contributed by atoms with E-state index in [2.05, 4.69) is 34.5 Å². The summed E-state index contributed by atoms with van der Waals surface area (Å²) >= 11 is 0. The Kier molecular flexibility index (Phi) is 5.27. The first-order chi connectivity index (χ1) is 11.3. The molecule has 23 heavy (non-hydrogen) atoms. The van der Waals surface area contributed by atoms with E-state index in [0.29, 0.717) is 6.54 Å². The SMILES string of the molecule is O=C(COc1ccccc1)NCCN1CCc2ccccc2C1. The fraction of sp³-hybridized carbons (Fsp3) is 0.316. The molecule has 0 radical (unpaired) electrons. The number of ether oxygens (including phenoxy) is 1. The first kappa shape index (κ1) is 15.6. The number of carbonyl (C=O) groups excluding carboxylic acids is 1. The Morgan fingerprint density at radius 2 is 1.78 bits per heavy atom. The number of carbonyl (C=O) groups is 1. The lowest BCUT2D eigenvalue weighted by Crippen LogP contribution is -2.39. The number of nitrogens with zero attached hydrogens (tertiary/aromatic N) is 1. The van der Waals surface area contributed by atoms with Crippen LogP contribution in [-0.2, 0) is 17.8 Å². The molecule has 0 saturated carbocycles. The zero-order valence-electron chi connectivity index (χ0n) is 13.2. The highest BCUT2D eigenvalue weighted by atomic mass is 16.5. The molecule has 0 aliphatic carbocycles. The fourth-order valence-corrected chi connectivity index (χ4v) is 2.82. The Bertz CT molecular complexity index is 643. The van der Waals surface area contributed by atoms with Crippen molar-refractivity contribution in [3.63, 3.8) is 0 Å². The van der Waals surface area contributed by atoms with Crippen LogP contribution in [0.2, 0.25) is 0 Å². The maximum absolute atomic E-state index is 11.8. The summed E-state index contributed by atoms with van der Waals surface area (Å²) < 4.78 is 5.43. The molecule has 4 heteroatoms. The average Bonchev–Trinajstić information content (AvgIpc) is 2.61. The van der Waals surface area contributed by atoms with Gasteiger partial charge in [-0.3, -0.25) is 9.69 Å². The molecule has 0 spiro atoms. The van der Waals surface area contributed by atoms with E-state index in [4.69, 9.17) is 4.74 Å². The van der Waals surface area contributed by atoms with Crippen LogP contribution in [0.5, 0.6) is 5.75 Å². The van der Waals surface area contributed by atoms with Gasteiger partial charge in [0.15, 0.2) is 6.61 Å². The molecule has 1 aliphatic rings. The quantitative estimate of drug-likeness (QED) is 0.890. The Balaban J connectivity index is 1.36. The molecule has 1 heterocycles. The number of hydrogen-bond donors (Lipinski definition) is 1. The summed E-state index contributed by atoms with van der Waals surface area (Å²) in [6.07, 6.45) is 1.08. The molecular formula is C19H22N2O2. The van der Waals surface area contributed by atoms with Gasteiger partial charge >= 0.3 is 0 Å². The average molecular weight is 310 g/mol. The van der Waals surface area contributed by atoms with E-state index in [1.807, 2.05) is 30.3 Å². The maximum Gasteiger partial charge on any atom is 0.257 e. The highest BCUT2D eigenvalue weighted by Gasteiger charge is 2.15. The Labute approximate surface area is 137 Å². The normalized spacial score (nSPS) is 14.1. The number of fused-ring (bicyclic) bond motifs is 1. The van der Waals surface area contributed by atoms with E-state index in [-0.39, 0.29) is 12.5 Å². The van der Waals surface area contributed by atoms with Gasteiger partial charge in [0, 0.05) is 26.2 Å². The molecule has 4 nitrogen and oxygen atoms in total. The summed E-state index contributed by atoms with van der Waals surface area (Å²) in [5.74, 6) is 0.640. The molecule has 2 aromatic rings. The number of rotatable bonds is 6. The summed E-state index contributed by atoms with van der Waals surface area (Å²) in [6.45, 7) is 3.59. The number of benzene rings is 2. The van der Waals surface area contributed by atoms with Gasteiger partial charge in [0.1, 0.15) is 5.75 Å². The summed E-state index contributed by atoms with van der Waals surface area (Å²) in [5.41, 5.74) is 2.85. The Hall–Kier alpha value is -2.33. The van der Waals surface area contributed by atoms with Crippen LogP contribution >= 0.6 is 0 Å². The van der Waals surface area contributed by atoms with Crippen LogP contribution in [0.15, 0.2) is 54.6 Å². The fourth-order valence-electron chi connectivity index (χ4n) is 2.82. The van der Waals surface area contributed by atoms with E-state index < -0.39 is 0 Å². The molecule has 0 saturated heterocycles. The van der Waals surface area contributed by atoms with Crippen molar-refractivity contribution in [1.82, 2.24) is 10.2 Å². The van der Waals surface area contributed by atoms with E-state index >= 15 is 0 Å². The van der Waals surface area contributed by atoms with Gasteiger partial charge in [0.25, 0.3) is 5.91 Å². The molecule has 3 rings (SSSR count). The summed E-state index contributed by atoms with van der Waals surface area (Å²) in [4.78, 5) is 14.2. The van der Waals surface area contributed by atoms with E-state index in [1.165, 1.54) is 11.1 Å². The van der Waals surface area contributed by atoms with Crippen molar-refractivity contribution in [1.29, 1.82) is 0 Å². The highest BCUT2D eigenvalue weighted by Crippen LogP contribution is 2.17. The van der Waals surface area contributed by atoms with Crippen LogP contribution < -0.4 is 10.1 Å². The standard InChI is InChI=1S/C19H22N2O2/c22-19(15-23-18-8-2-1-3-9-18)20-11-13-21-12-10-16-6-4-5-7-17(16)14-21/h1-9H,10-15H2,(H,20,22). The van der Waals surface area contributed by atoms with Gasteiger partial charge in [-0.15, -0.1) is 0 Å². The van der Waals surface area contributed by atoms with Crippen LogP contribution in [0.3, 0.4) is 0 Å². The van der Waals surface area contributed by atoms with Crippen molar-refractivity contribution in [3.8, 4) is 5.75 Å². The molecular weight excluding hydrogens is 288 g/mol. The Morgan fingerprint density at radius 3 is 2.61 bits per heavy atom. The zero-order valence-corrected chi connectivity index (χ0v) is 13.2. The van der Waals surface area contributed by atoms with Crippen molar-refractivity contribution in [2.24, 2.45) is 0 Å². The van der Waals surface area contributed by atoms with Gasteiger partial charge in [0.05, 0.1) is 0 Å². The molecule has 120 valence electrons. The van der Waals surface area contributed by atoms with Crippen molar-refractivity contribution >= 4 is 5.91 Å². The van der Waals surface area contributed by atoms with Gasteiger partial charge in [-0.25, -0.2) is 0 Å². The van der Waals surface area contributed by atoms with Crippen molar-refractivity contribution in [2.75, 3.05) is 26.2 Å². The van der Waals surface area contributed by atoms with Gasteiger partial charge in [-0.05, 0) is 29.7 Å². The topological polar surface area (TPSA) is 41.6 Å². The van der Waals surface area contributed by atoms with Crippen LogP contribution in [0.1, 0.15) is 11.1 Å². The third-order valence-corrected chi connectivity index (χ3v) is 4.07. The second kappa shape index (κ2) is 7.79. The molecule has 1 N–H and O–H groups in total. The number of amides is 1. The van der Waals surface area contributed by atoms with Crippen molar-refractivity contribution in [3.05, 3.63) is 65.7 Å². The van der Waals surface area contributed by atoms with Crippen molar-refractivity contribution in [2.45, 2.75) is 13.0 Å². The second-order valence-corrected chi connectivity index (χ2v) is 5.75. The minimum atomic E-state index is -0.0775. The molecule has 2 aromatic carbocycles. The smallest absolute Gasteiger partial charge is 0.257 e. The first-order valence-corrected chi connectivity index (χ1v) is 8.05. The number of nitrogens with one attached hydrogen (secondary N) is 1. The van der Waals surface area contributed by atoms with E-state index in [0.717, 1.165) is 31.8 Å². The third kappa shape index (κ3) is 4.57. The van der Waals surface area contributed by atoms with Crippen LogP contribution in [0, 0.1) is 0 Å². The lowest BCUT2D eigenvalue weighted by atomic mass is 10.00. The van der Waals surface area contributed by atoms with Gasteiger partial charge in [-0.1, -0.05) is 42.5 Å². The van der Waals surface area contributed by atoms with Gasteiger partial charge in [-0.2, -0.15) is 0 Å². The summed E-state index contributed by atoms with van der Waals surface area (Å²) in [5, 5.41) is 2.92. The lowest BCUT2D eigenvalue weighted by Gasteiger charge is -2.28. The van der Waals surface area contributed by atoms with Gasteiger partial charge < -0.3 is 10.1 Å². The molecule has 1 aliphatic heterocycles. The monoisotopic (exact) mass is 310 g/mol. The second-order valence-electron chi connectivity index (χ2n) is 5.75. The molecule has 0 unspecified atom stereocenters. The minimum absolute atomic E-state index is 0.0623. The summed E-state index contributed by atoms with van der Waals surface area (Å²) in [7, 11) is 0. The van der Waals surface area contributed by atoms with E-state index in [9.17, 15) is 4.79 Å². The van der Waals surface area contributed by atoms with Crippen LogP contribution in [0.25, 0.3) is 0 Å². The minimum Gasteiger partial charge on any atom is -0.484 e. The lowest BCUT2D eigenvalue weighted by molar-refractivity contribution is -0.123. The largest absolute Gasteiger partial charge is 0.484 e. The van der Waals surface area contributed by atoms with Gasteiger partial charge in [0.2, 0.25) is 0 Å². The first-order valence-electron chi connectivity index (χ1n) is 8.05. The third-order valence-electron chi connectivity index (χ3n) is 4.07. The molecule has 0 bridgehead atoms. The number of hydrogen-bond acceptors (Lipinski definition) is 3. The predicted octanol–water partition coefficient (Wildman–Crippen LogP) is 2.24.